The number of rotatable bonds is 6. The maximum Gasteiger partial charge on any atom is 0.269 e. The quantitative estimate of drug-likeness (QED) is 0.347. The van der Waals surface area contributed by atoms with Crippen LogP contribution in [0.4, 0.5) is 11.4 Å². The van der Waals surface area contributed by atoms with Crippen molar-refractivity contribution in [2.24, 2.45) is 0 Å². The normalized spacial score (nSPS) is 10.3. The third kappa shape index (κ3) is 4.67. The molecular formula is C23H16N6O4. The van der Waals surface area contributed by atoms with Gasteiger partial charge in [0.05, 0.1) is 22.4 Å². The lowest BCUT2D eigenvalue weighted by Crippen LogP contribution is -2.12. The molecular weight excluding hydrogens is 424 g/mol. The van der Waals surface area contributed by atoms with Gasteiger partial charge in [-0.15, -0.1) is 0 Å². The van der Waals surface area contributed by atoms with Crippen LogP contribution in [0.25, 0.3) is 5.69 Å². The molecule has 0 aliphatic rings. The number of nitriles is 1. The number of nitrogens with zero attached hydrogens (tertiary/aromatic N) is 5. The summed E-state index contributed by atoms with van der Waals surface area (Å²) < 4.78 is 7.16. The number of hydrogen-bond acceptors (Lipinski definition) is 7. The Kier molecular flexibility index (Phi) is 5.77. The average Bonchev–Trinajstić information content (AvgIpc) is 3.32. The van der Waals surface area contributed by atoms with Crippen molar-refractivity contribution >= 4 is 17.3 Å². The predicted molar refractivity (Wildman–Crippen MR) is 118 cm³/mol. The molecule has 162 valence electrons. The van der Waals surface area contributed by atoms with E-state index in [0.717, 1.165) is 5.56 Å². The van der Waals surface area contributed by atoms with Gasteiger partial charge in [-0.05, 0) is 55.0 Å². The van der Waals surface area contributed by atoms with Gasteiger partial charge in [0.25, 0.3) is 11.6 Å². The Morgan fingerprint density at radius 1 is 1.21 bits per heavy atom. The molecule has 0 fully saturated rings. The number of hydrogen-bond donors (Lipinski definition) is 1. The molecule has 1 N–H and O–H groups in total. The Hall–Kier alpha value is -5.04. The van der Waals surface area contributed by atoms with Crippen LogP contribution in [0.3, 0.4) is 0 Å². The first-order valence-electron chi connectivity index (χ1n) is 9.69. The van der Waals surface area contributed by atoms with Crippen molar-refractivity contribution in [3.8, 4) is 23.4 Å². The van der Waals surface area contributed by atoms with Crippen molar-refractivity contribution < 1.29 is 14.5 Å². The van der Waals surface area contributed by atoms with Crippen LogP contribution in [0.15, 0.2) is 73.2 Å². The van der Waals surface area contributed by atoms with Crippen LogP contribution in [0, 0.1) is 28.4 Å². The number of amides is 1. The summed E-state index contributed by atoms with van der Waals surface area (Å²) in [5.74, 6) is 0.318. The molecule has 0 spiro atoms. The molecule has 2 aromatic heterocycles. The summed E-state index contributed by atoms with van der Waals surface area (Å²) in [4.78, 5) is 27.1. The number of ether oxygens (including phenoxy) is 1. The van der Waals surface area contributed by atoms with Gasteiger partial charge in [-0.3, -0.25) is 14.9 Å². The molecule has 0 radical (unpaired) electrons. The summed E-state index contributed by atoms with van der Waals surface area (Å²) >= 11 is 0. The van der Waals surface area contributed by atoms with Crippen LogP contribution in [0.5, 0.6) is 11.6 Å². The van der Waals surface area contributed by atoms with E-state index in [9.17, 15) is 14.9 Å². The van der Waals surface area contributed by atoms with Gasteiger partial charge in [0.15, 0.2) is 0 Å². The second-order valence-corrected chi connectivity index (χ2v) is 6.95. The third-order valence-electron chi connectivity index (χ3n) is 4.72. The van der Waals surface area contributed by atoms with Crippen LogP contribution >= 0.6 is 0 Å². The van der Waals surface area contributed by atoms with Gasteiger partial charge in [0, 0.05) is 30.2 Å². The predicted octanol–water partition coefficient (Wildman–Crippen LogP) is 4.40. The first kappa shape index (κ1) is 21.2. The van der Waals surface area contributed by atoms with E-state index >= 15 is 0 Å². The van der Waals surface area contributed by atoms with E-state index in [4.69, 9.17) is 10.00 Å². The molecule has 33 heavy (non-hydrogen) atoms. The molecule has 4 aromatic rings. The number of nitro benzene ring substituents is 1. The van der Waals surface area contributed by atoms with Gasteiger partial charge < -0.3 is 10.1 Å². The Balaban J connectivity index is 1.46. The molecule has 0 bridgehead atoms. The first-order valence-corrected chi connectivity index (χ1v) is 9.69. The van der Waals surface area contributed by atoms with Crippen LogP contribution < -0.4 is 10.1 Å². The number of anilines is 1. The number of aromatic nitrogens is 3. The largest absolute Gasteiger partial charge is 0.438 e. The fraction of sp³-hybridized carbons (Fsp3) is 0.0435. The minimum Gasteiger partial charge on any atom is -0.438 e. The Morgan fingerprint density at radius 3 is 2.70 bits per heavy atom. The van der Waals surface area contributed by atoms with E-state index in [1.165, 1.54) is 35.4 Å². The second kappa shape index (κ2) is 8.99. The number of pyridine rings is 1. The van der Waals surface area contributed by atoms with Crippen molar-refractivity contribution in [1.29, 1.82) is 5.26 Å². The van der Waals surface area contributed by atoms with Gasteiger partial charge >= 0.3 is 0 Å². The summed E-state index contributed by atoms with van der Waals surface area (Å²) in [6, 6.07) is 16.2. The topological polar surface area (TPSA) is 136 Å². The van der Waals surface area contributed by atoms with Crippen LogP contribution in [0.1, 0.15) is 21.5 Å². The van der Waals surface area contributed by atoms with Crippen molar-refractivity contribution in [2.45, 2.75) is 6.92 Å². The van der Waals surface area contributed by atoms with Gasteiger partial charge in [0.2, 0.25) is 5.88 Å². The monoisotopic (exact) mass is 440 g/mol. The van der Waals surface area contributed by atoms with Gasteiger partial charge in [0.1, 0.15) is 17.4 Å². The summed E-state index contributed by atoms with van der Waals surface area (Å²) in [7, 11) is 0. The number of non-ortho nitro benzene ring substituents is 1. The number of nitro groups is 1. The standard InChI is InChI=1S/C23H16N6O4/c1-15-11-20(33-23-16(12-24)3-2-10-25-23)8-9-21(15)27-22(30)17-13-26-28(14-17)18-4-6-19(7-5-18)29(31)32/h2-11,13-14H,1H3,(H,27,30). The smallest absolute Gasteiger partial charge is 0.269 e. The number of nitrogens with one attached hydrogen (secondary N) is 1. The average molecular weight is 440 g/mol. The highest BCUT2D eigenvalue weighted by Gasteiger charge is 2.13. The fourth-order valence-electron chi connectivity index (χ4n) is 3.01. The molecule has 0 saturated heterocycles. The Labute approximate surface area is 187 Å². The minimum absolute atomic E-state index is 0.0290. The lowest BCUT2D eigenvalue weighted by molar-refractivity contribution is -0.384. The molecule has 0 saturated carbocycles. The van der Waals surface area contributed by atoms with E-state index in [1.54, 1.807) is 42.5 Å². The van der Waals surface area contributed by atoms with E-state index < -0.39 is 4.92 Å². The van der Waals surface area contributed by atoms with Crippen molar-refractivity contribution in [3.63, 3.8) is 0 Å². The molecule has 0 unspecified atom stereocenters. The van der Waals surface area contributed by atoms with Crippen LogP contribution in [-0.4, -0.2) is 25.6 Å². The molecule has 4 rings (SSSR count). The van der Waals surface area contributed by atoms with E-state index in [1.807, 2.05) is 13.0 Å². The minimum atomic E-state index is -0.483. The number of benzene rings is 2. The zero-order chi connectivity index (χ0) is 23.4. The van der Waals surface area contributed by atoms with Crippen molar-refractivity contribution in [3.05, 3.63) is 100.0 Å². The molecule has 2 aromatic carbocycles. The molecule has 1 amide bonds. The lowest BCUT2D eigenvalue weighted by atomic mass is 10.2. The van der Waals surface area contributed by atoms with Crippen LogP contribution in [0.2, 0.25) is 0 Å². The number of carbonyl (C=O) groups is 1. The molecule has 0 aliphatic heterocycles. The van der Waals surface area contributed by atoms with E-state index in [-0.39, 0.29) is 17.5 Å². The van der Waals surface area contributed by atoms with Crippen molar-refractivity contribution in [2.75, 3.05) is 5.32 Å². The van der Waals surface area contributed by atoms with E-state index in [2.05, 4.69) is 15.4 Å². The van der Waals surface area contributed by atoms with Crippen molar-refractivity contribution in [1.82, 2.24) is 14.8 Å². The summed E-state index contributed by atoms with van der Waals surface area (Å²) in [5.41, 5.74) is 2.52. The Bertz CT molecular complexity index is 1390. The van der Waals surface area contributed by atoms with Gasteiger partial charge in [-0.2, -0.15) is 10.4 Å². The Morgan fingerprint density at radius 2 is 2.00 bits per heavy atom. The van der Waals surface area contributed by atoms with E-state index in [0.29, 0.717) is 28.3 Å². The number of carbonyl (C=O) groups excluding carboxylic acids is 1. The fourth-order valence-corrected chi connectivity index (χ4v) is 3.01. The molecule has 10 nitrogen and oxygen atoms in total. The molecule has 10 heteroatoms. The second-order valence-electron chi connectivity index (χ2n) is 6.95. The molecule has 0 atom stereocenters. The lowest BCUT2D eigenvalue weighted by Gasteiger charge is -2.11. The SMILES string of the molecule is Cc1cc(Oc2ncccc2C#N)ccc1NC(=O)c1cnn(-c2ccc([N+](=O)[O-])cc2)c1. The third-order valence-corrected chi connectivity index (χ3v) is 4.72. The van der Waals surface area contributed by atoms with Crippen LogP contribution in [-0.2, 0) is 0 Å². The summed E-state index contributed by atoms with van der Waals surface area (Å²) in [5, 5.41) is 26.9. The molecule has 0 aliphatic carbocycles. The first-order chi connectivity index (χ1) is 15.9. The number of aryl methyl sites for hydroxylation is 1. The highest BCUT2D eigenvalue weighted by atomic mass is 16.6. The van der Waals surface area contributed by atoms with Gasteiger partial charge in [-0.25, -0.2) is 9.67 Å². The zero-order valence-electron chi connectivity index (χ0n) is 17.3. The maximum atomic E-state index is 12.7. The maximum absolute atomic E-state index is 12.7. The molecule has 2 heterocycles. The highest BCUT2D eigenvalue weighted by Crippen LogP contribution is 2.27. The summed E-state index contributed by atoms with van der Waals surface area (Å²) in [6.07, 6.45) is 4.48. The van der Waals surface area contributed by atoms with Gasteiger partial charge in [-0.1, -0.05) is 0 Å². The highest BCUT2D eigenvalue weighted by molar-refractivity contribution is 6.04. The summed E-state index contributed by atoms with van der Waals surface area (Å²) in [6.45, 7) is 1.81. The zero-order valence-corrected chi connectivity index (χ0v) is 17.3.